The standard InChI is InChI=1S/C24H26N6O3/c1-16-14-24(23(32)29(16)19-13-22(31)33-15-19)7-10-28(11-8-24)9-6-17-2-4-20-18(12-17)3-5-21-25-26-27-30(20)21/h2-5,12-13,16H,6-11,14-15H2,1H3/t16-/m0/s1. The van der Waals surface area contributed by atoms with Crippen LogP contribution in [0.25, 0.3) is 16.6 Å². The van der Waals surface area contributed by atoms with Gasteiger partial charge in [-0.05, 0) is 86.0 Å². The van der Waals surface area contributed by atoms with Gasteiger partial charge in [-0.15, -0.1) is 5.10 Å². The molecule has 3 aromatic rings. The molecule has 1 atom stereocenters. The van der Waals surface area contributed by atoms with Gasteiger partial charge >= 0.3 is 5.97 Å². The largest absolute Gasteiger partial charge is 0.456 e. The minimum absolute atomic E-state index is 0.106. The molecule has 6 rings (SSSR count). The van der Waals surface area contributed by atoms with Crippen molar-refractivity contribution < 1.29 is 14.3 Å². The lowest BCUT2D eigenvalue weighted by atomic mass is 9.76. The lowest BCUT2D eigenvalue weighted by Gasteiger charge is -2.38. The van der Waals surface area contributed by atoms with Crippen LogP contribution in [0.1, 0.15) is 31.7 Å². The number of carbonyl (C=O) groups excluding carboxylic acids is 2. The summed E-state index contributed by atoms with van der Waals surface area (Å²) in [5, 5.41) is 12.9. The van der Waals surface area contributed by atoms with E-state index in [1.807, 2.05) is 11.0 Å². The van der Waals surface area contributed by atoms with Crippen LogP contribution in [0.5, 0.6) is 0 Å². The summed E-state index contributed by atoms with van der Waals surface area (Å²) < 4.78 is 6.80. The monoisotopic (exact) mass is 446 g/mol. The van der Waals surface area contributed by atoms with Crippen LogP contribution in [0.3, 0.4) is 0 Å². The van der Waals surface area contributed by atoms with Gasteiger partial charge in [0.2, 0.25) is 5.91 Å². The number of cyclic esters (lactones) is 1. The molecule has 0 N–H and O–H groups in total. The van der Waals surface area contributed by atoms with Crippen molar-refractivity contribution >= 4 is 28.4 Å². The Morgan fingerprint density at radius 2 is 2.00 bits per heavy atom. The highest BCUT2D eigenvalue weighted by Gasteiger charge is 2.52. The van der Waals surface area contributed by atoms with E-state index in [-0.39, 0.29) is 29.9 Å². The fraction of sp³-hybridized carbons (Fsp3) is 0.458. The van der Waals surface area contributed by atoms with E-state index in [0.29, 0.717) is 5.70 Å². The molecule has 3 aliphatic rings. The molecule has 170 valence electrons. The molecule has 1 spiro atoms. The molecular formula is C24H26N6O3. The van der Waals surface area contributed by atoms with Gasteiger partial charge in [0.25, 0.3) is 0 Å². The third-order valence-corrected chi connectivity index (χ3v) is 7.51. The van der Waals surface area contributed by atoms with Gasteiger partial charge in [0.15, 0.2) is 5.65 Å². The van der Waals surface area contributed by atoms with Gasteiger partial charge in [0.05, 0.1) is 16.6 Å². The maximum atomic E-state index is 13.4. The molecule has 2 fully saturated rings. The maximum Gasteiger partial charge on any atom is 0.333 e. The molecule has 0 saturated carbocycles. The summed E-state index contributed by atoms with van der Waals surface area (Å²) in [6, 6.07) is 10.5. The van der Waals surface area contributed by atoms with E-state index in [1.165, 1.54) is 11.6 Å². The number of pyridine rings is 1. The highest BCUT2D eigenvalue weighted by molar-refractivity contribution is 5.91. The van der Waals surface area contributed by atoms with Gasteiger partial charge < -0.3 is 14.5 Å². The molecule has 0 aliphatic carbocycles. The molecule has 3 aliphatic heterocycles. The van der Waals surface area contributed by atoms with Crippen LogP contribution in [0.4, 0.5) is 0 Å². The number of fused-ring (bicyclic) bond motifs is 3. The highest BCUT2D eigenvalue weighted by Crippen LogP contribution is 2.46. The zero-order chi connectivity index (χ0) is 22.6. The number of esters is 1. The topological polar surface area (TPSA) is 92.9 Å². The van der Waals surface area contributed by atoms with Crippen molar-refractivity contribution in [2.24, 2.45) is 5.41 Å². The number of tetrazole rings is 1. The molecule has 1 aromatic carbocycles. The minimum atomic E-state index is -0.350. The van der Waals surface area contributed by atoms with Crippen molar-refractivity contribution in [2.45, 2.75) is 38.6 Å². The SMILES string of the molecule is C[C@H]1CC2(CCN(CCc3ccc4c(ccc5nnnn54)c3)CC2)C(=O)N1C1=CC(=O)OC1. The Hall–Kier alpha value is -3.33. The summed E-state index contributed by atoms with van der Waals surface area (Å²) in [5.41, 5.74) is 3.44. The van der Waals surface area contributed by atoms with Crippen molar-refractivity contribution in [3.63, 3.8) is 0 Å². The summed E-state index contributed by atoms with van der Waals surface area (Å²) in [6.45, 7) is 5.09. The summed E-state index contributed by atoms with van der Waals surface area (Å²) in [5.74, 6) is -0.181. The van der Waals surface area contributed by atoms with Gasteiger partial charge in [-0.25, -0.2) is 4.79 Å². The number of hydrogen-bond donors (Lipinski definition) is 0. The second-order valence-corrected chi connectivity index (χ2v) is 9.52. The smallest absolute Gasteiger partial charge is 0.333 e. The average molecular weight is 447 g/mol. The third kappa shape index (κ3) is 3.38. The van der Waals surface area contributed by atoms with E-state index in [2.05, 4.69) is 51.6 Å². The van der Waals surface area contributed by atoms with Gasteiger partial charge in [0, 0.05) is 24.0 Å². The van der Waals surface area contributed by atoms with Crippen LogP contribution in [-0.2, 0) is 20.7 Å². The highest BCUT2D eigenvalue weighted by atomic mass is 16.5. The van der Waals surface area contributed by atoms with Crippen molar-refractivity contribution in [1.82, 2.24) is 29.8 Å². The Morgan fingerprint density at radius 3 is 2.79 bits per heavy atom. The number of aromatic nitrogens is 4. The van der Waals surface area contributed by atoms with E-state index in [1.54, 1.807) is 4.52 Å². The number of rotatable bonds is 4. The van der Waals surface area contributed by atoms with E-state index in [4.69, 9.17) is 4.74 Å². The normalized spacial score (nSPS) is 23.1. The van der Waals surface area contributed by atoms with Crippen molar-refractivity contribution in [2.75, 3.05) is 26.2 Å². The van der Waals surface area contributed by atoms with Crippen molar-refractivity contribution in [3.8, 4) is 0 Å². The number of likely N-dealkylation sites (tertiary alicyclic amines) is 2. The molecule has 0 bridgehead atoms. The predicted octanol–water partition coefficient (Wildman–Crippen LogP) is 1.96. The number of ether oxygens (including phenoxy) is 1. The Labute approximate surface area is 191 Å². The fourth-order valence-electron chi connectivity index (χ4n) is 5.75. The number of piperidine rings is 1. The molecule has 9 heteroatoms. The molecule has 33 heavy (non-hydrogen) atoms. The van der Waals surface area contributed by atoms with E-state index in [0.717, 1.165) is 61.9 Å². The molecule has 2 saturated heterocycles. The predicted molar refractivity (Wildman–Crippen MR) is 120 cm³/mol. The van der Waals surface area contributed by atoms with Crippen LogP contribution in [0, 0.1) is 5.41 Å². The lowest BCUT2D eigenvalue weighted by molar-refractivity contribution is -0.138. The number of nitrogens with zero attached hydrogens (tertiary/aromatic N) is 6. The molecular weight excluding hydrogens is 420 g/mol. The Kier molecular flexibility index (Phi) is 4.69. The quantitative estimate of drug-likeness (QED) is 0.566. The van der Waals surface area contributed by atoms with Crippen LogP contribution in [0.15, 0.2) is 42.1 Å². The molecule has 0 unspecified atom stereocenters. The van der Waals surface area contributed by atoms with Gasteiger partial charge in [0.1, 0.15) is 6.61 Å². The maximum absolute atomic E-state index is 13.4. The number of carbonyl (C=O) groups is 2. The Morgan fingerprint density at radius 1 is 1.15 bits per heavy atom. The average Bonchev–Trinajstić information content (AvgIpc) is 3.52. The van der Waals surface area contributed by atoms with Crippen molar-refractivity contribution in [1.29, 1.82) is 0 Å². The molecule has 9 nitrogen and oxygen atoms in total. The number of amides is 1. The second-order valence-electron chi connectivity index (χ2n) is 9.52. The summed E-state index contributed by atoms with van der Waals surface area (Å²) in [7, 11) is 0. The second kappa shape index (κ2) is 7.62. The molecule has 0 radical (unpaired) electrons. The Balaban J connectivity index is 1.10. The van der Waals surface area contributed by atoms with Crippen LogP contribution < -0.4 is 0 Å². The van der Waals surface area contributed by atoms with Crippen molar-refractivity contribution in [3.05, 3.63) is 47.7 Å². The van der Waals surface area contributed by atoms with Gasteiger partial charge in [-0.2, -0.15) is 4.52 Å². The summed E-state index contributed by atoms with van der Waals surface area (Å²) in [6.07, 6.45) is 5.00. The van der Waals surface area contributed by atoms with Gasteiger partial charge in [-0.1, -0.05) is 6.07 Å². The van der Waals surface area contributed by atoms with E-state index in [9.17, 15) is 9.59 Å². The first-order valence-electron chi connectivity index (χ1n) is 11.6. The fourth-order valence-corrected chi connectivity index (χ4v) is 5.75. The van der Waals surface area contributed by atoms with Crippen LogP contribution in [-0.4, -0.2) is 74.0 Å². The van der Waals surface area contributed by atoms with Crippen LogP contribution >= 0.6 is 0 Å². The first kappa shape index (κ1) is 20.3. The number of hydrogen-bond acceptors (Lipinski definition) is 7. The Bertz CT molecular complexity index is 1290. The van der Waals surface area contributed by atoms with E-state index >= 15 is 0 Å². The summed E-state index contributed by atoms with van der Waals surface area (Å²) >= 11 is 0. The zero-order valence-corrected chi connectivity index (χ0v) is 18.6. The molecule has 2 aromatic heterocycles. The molecule has 1 amide bonds. The minimum Gasteiger partial charge on any atom is -0.456 e. The lowest BCUT2D eigenvalue weighted by Crippen LogP contribution is -2.45. The first-order valence-corrected chi connectivity index (χ1v) is 11.6. The zero-order valence-electron chi connectivity index (χ0n) is 18.6. The third-order valence-electron chi connectivity index (χ3n) is 7.51. The number of benzene rings is 1. The summed E-state index contributed by atoms with van der Waals surface area (Å²) in [4.78, 5) is 29.1. The molecule has 5 heterocycles. The first-order chi connectivity index (χ1) is 16.0. The van der Waals surface area contributed by atoms with Gasteiger partial charge in [-0.3, -0.25) is 4.79 Å². The van der Waals surface area contributed by atoms with Crippen LogP contribution in [0.2, 0.25) is 0 Å². The van der Waals surface area contributed by atoms with E-state index < -0.39 is 0 Å².